The fraction of sp³-hybridized carbons (Fsp3) is 1.00. The summed E-state index contributed by atoms with van der Waals surface area (Å²) in [5.74, 6) is 0.759. The zero-order valence-corrected chi connectivity index (χ0v) is 18.8. The predicted octanol–water partition coefficient (Wildman–Crippen LogP) is 4.30. The standard InChI is InChI=1S/C23H49NO4/c1-3-5-14-22(4-2)20-27-17-12-10-8-6-7-9-11-13-18-28-21-23(26)19-24-15-16-25/h22-26H,3-21H2,1-2H3. The van der Waals surface area contributed by atoms with E-state index in [0.717, 1.165) is 32.2 Å². The summed E-state index contributed by atoms with van der Waals surface area (Å²) in [4.78, 5) is 0. The second kappa shape index (κ2) is 23.1. The zero-order valence-electron chi connectivity index (χ0n) is 18.8. The van der Waals surface area contributed by atoms with E-state index in [1.807, 2.05) is 0 Å². The van der Waals surface area contributed by atoms with Gasteiger partial charge in [0, 0.05) is 32.9 Å². The number of nitrogens with one attached hydrogen (secondary N) is 1. The maximum absolute atomic E-state index is 9.65. The Balaban J connectivity index is 3.19. The molecule has 0 amide bonds. The largest absolute Gasteiger partial charge is 0.395 e. The van der Waals surface area contributed by atoms with Crippen LogP contribution in [0.3, 0.4) is 0 Å². The fourth-order valence-electron chi connectivity index (χ4n) is 3.24. The van der Waals surface area contributed by atoms with Gasteiger partial charge in [0.05, 0.1) is 19.3 Å². The van der Waals surface area contributed by atoms with Crippen LogP contribution in [-0.2, 0) is 9.47 Å². The van der Waals surface area contributed by atoms with Gasteiger partial charge in [0.2, 0.25) is 0 Å². The van der Waals surface area contributed by atoms with Crippen molar-refractivity contribution in [3.8, 4) is 0 Å². The average Bonchev–Trinajstić information content (AvgIpc) is 2.70. The van der Waals surface area contributed by atoms with Crippen molar-refractivity contribution in [3.63, 3.8) is 0 Å². The van der Waals surface area contributed by atoms with Crippen LogP contribution >= 0.6 is 0 Å². The smallest absolute Gasteiger partial charge is 0.0897 e. The minimum absolute atomic E-state index is 0.0971. The molecule has 0 radical (unpaired) electrons. The van der Waals surface area contributed by atoms with Gasteiger partial charge in [0.1, 0.15) is 0 Å². The minimum atomic E-state index is -0.486. The summed E-state index contributed by atoms with van der Waals surface area (Å²) < 4.78 is 11.4. The van der Waals surface area contributed by atoms with Gasteiger partial charge < -0.3 is 25.0 Å². The Bertz CT molecular complexity index is 292. The Morgan fingerprint density at radius 3 is 1.89 bits per heavy atom. The molecule has 0 heterocycles. The van der Waals surface area contributed by atoms with Crippen LogP contribution in [0.4, 0.5) is 0 Å². The van der Waals surface area contributed by atoms with Crippen molar-refractivity contribution in [3.05, 3.63) is 0 Å². The van der Waals surface area contributed by atoms with Crippen molar-refractivity contribution in [1.82, 2.24) is 5.32 Å². The highest BCUT2D eigenvalue weighted by Gasteiger charge is 2.05. The van der Waals surface area contributed by atoms with Crippen LogP contribution in [0.2, 0.25) is 0 Å². The molecule has 3 N–H and O–H groups in total. The van der Waals surface area contributed by atoms with Gasteiger partial charge in [-0.25, -0.2) is 0 Å². The van der Waals surface area contributed by atoms with Crippen molar-refractivity contribution < 1.29 is 19.7 Å². The lowest BCUT2D eigenvalue weighted by molar-refractivity contribution is 0.0350. The van der Waals surface area contributed by atoms with Crippen LogP contribution in [-0.4, -0.2) is 62.4 Å². The molecule has 0 spiro atoms. The van der Waals surface area contributed by atoms with Crippen molar-refractivity contribution in [1.29, 1.82) is 0 Å². The lowest BCUT2D eigenvalue weighted by atomic mass is 10.0. The molecule has 0 aromatic heterocycles. The molecular weight excluding hydrogens is 354 g/mol. The van der Waals surface area contributed by atoms with Gasteiger partial charge in [-0.1, -0.05) is 71.6 Å². The topological polar surface area (TPSA) is 71.0 Å². The van der Waals surface area contributed by atoms with Crippen LogP contribution in [0, 0.1) is 5.92 Å². The summed E-state index contributed by atoms with van der Waals surface area (Å²) in [6.07, 6.45) is 14.7. The summed E-state index contributed by atoms with van der Waals surface area (Å²) in [5.41, 5.74) is 0. The normalized spacial score (nSPS) is 13.7. The van der Waals surface area contributed by atoms with E-state index in [0.29, 0.717) is 19.7 Å². The number of hydrogen-bond donors (Lipinski definition) is 3. The van der Waals surface area contributed by atoms with E-state index >= 15 is 0 Å². The molecule has 0 saturated carbocycles. The first-order valence-electron chi connectivity index (χ1n) is 11.9. The third-order valence-electron chi connectivity index (χ3n) is 5.20. The van der Waals surface area contributed by atoms with E-state index in [4.69, 9.17) is 14.6 Å². The summed E-state index contributed by atoms with van der Waals surface area (Å²) in [7, 11) is 0. The Kier molecular flexibility index (Phi) is 22.9. The molecule has 0 bridgehead atoms. The number of rotatable bonds is 23. The molecule has 0 aromatic rings. The van der Waals surface area contributed by atoms with E-state index in [1.165, 1.54) is 70.6 Å². The van der Waals surface area contributed by atoms with Crippen LogP contribution in [0.25, 0.3) is 0 Å². The Morgan fingerprint density at radius 1 is 0.786 bits per heavy atom. The molecule has 5 nitrogen and oxygen atoms in total. The first-order chi connectivity index (χ1) is 13.7. The Morgan fingerprint density at radius 2 is 1.36 bits per heavy atom. The van der Waals surface area contributed by atoms with E-state index < -0.39 is 6.10 Å². The first kappa shape index (κ1) is 27.8. The molecule has 2 unspecified atom stereocenters. The lowest BCUT2D eigenvalue weighted by Gasteiger charge is -2.14. The van der Waals surface area contributed by atoms with E-state index in [2.05, 4.69) is 19.2 Å². The van der Waals surface area contributed by atoms with Crippen molar-refractivity contribution in [2.75, 3.05) is 46.1 Å². The molecule has 2 atom stereocenters. The van der Waals surface area contributed by atoms with Crippen molar-refractivity contribution in [2.24, 2.45) is 5.92 Å². The molecule has 0 fully saturated rings. The lowest BCUT2D eigenvalue weighted by Crippen LogP contribution is -2.32. The number of aliphatic hydroxyl groups is 2. The molecule has 0 rings (SSSR count). The molecule has 170 valence electrons. The molecule has 5 heteroatoms. The second-order valence-electron chi connectivity index (χ2n) is 7.98. The van der Waals surface area contributed by atoms with Gasteiger partial charge in [-0.15, -0.1) is 0 Å². The third-order valence-corrected chi connectivity index (χ3v) is 5.20. The Hall–Kier alpha value is -0.200. The molecule has 0 aliphatic heterocycles. The molecule has 28 heavy (non-hydrogen) atoms. The number of hydrogen-bond acceptors (Lipinski definition) is 5. The molecule has 0 aromatic carbocycles. The van der Waals surface area contributed by atoms with Gasteiger partial charge in [-0.3, -0.25) is 0 Å². The number of ether oxygens (including phenoxy) is 2. The van der Waals surface area contributed by atoms with Gasteiger partial charge in [-0.05, 0) is 25.2 Å². The SMILES string of the molecule is CCCCC(CC)COCCCCCCCCCCOCC(O)CNCCO. The maximum Gasteiger partial charge on any atom is 0.0897 e. The molecule has 0 aliphatic rings. The highest BCUT2D eigenvalue weighted by molar-refractivity contribution is 4.58. The number of unbranched alkanes of at least 4 members (excludes halogenated alkanes) is 8. The number of aliphatic hydroxyl groups excluding tert-OH is 2. The highest BCUT2D eigenvalue weighted by Crippen LogP contribution is 2.13. The van der Waals surface area contributed by atoms with E-state index in [9.17, 15) is 5.11 Å². The Labute approximate surface area is 174 Å². The van der Waals surface area contributed by atoms with Crippen LogP contribution < -0.4 is 5.32 Å². The summed E-state index contributed by atoms with van der Waals surface area (Å²) in [6.45, 7) is 8.61. The van der Waals surface area contributed by atoms with E-state index in [1.54, 1.807) is 0 Å². The van der Waals surface area contributed by atoms with Crippen molar-refractivity contribution in [2.45, 2.75) is 97.0 Å². The average molecular weight is 404 g/mol. The maximum atomic E-state index is 9.65. The van der Waals surface area contributed by atoms with Crippen molar-refractivity contribution >= 4 is 0 Å². The van der Waals surface area contributed by atoms with Crippen LogP contribution in [0.5, 0.6) is 0 Å². The van der Waals surface area contributed by atoms with Gasteiger partial charge in [0.25, 0.3) is 0 Å². The first-order valence-corrected chi connectivity index (χ1v) is 11.9. The van der Waals surface area contributed by atoms with E-state index in [-0.39, 0.29) is 6.61 Å². The second-order valence-corrected chi connectivity index (χ2v) is 7.98. The monoisotopic (exact) mass is 403 g/mol. The predicted molar refractivity (Wildman–Crippen MR) is 118 cm³/mol. The quantitative estimate of drug-likeness (QED) is 0.222. The van der Waals surface area contributed by atoms with Gasteiger partial charge >= 0.3 is 0 Å². The summed E-state index contributed by atoms with van der Waals surface area (Å²) in [6, 6.07) is 0. The van der Waals surface area contributed by atoms with Crippen LogP contribution in [0.1, 0.15) is 90.9 Å². The molecule has 0 aliphatic carbocycles. The molecular formula is C23H49NO4. The summed E-state index contributed by atoms with van der Waals surface area (Å²) in [5, 5.41) is 21.3. The highest BCUT2D eigenvalue weighted by atomic mass is 16.5. The van der Waals surface area contributed by atoms with Gasteiger partial charge in [0.15, 0.2) is 0 Å². The minimum Gasteiger partial charge on any atom is -0.395 e. The van der Waals surface area contributed by atoms with Crippen LogP contribution in [0.15, 0.2) is 0 Å². The molecule has 0 saturated heterocycles. The fourth-order valence-corrected chi connectivity index (χ4v) is 3.24. The third kappa shape index (κ3) is 20.5. The summed E-state index contributed by atoms with van der Waals surface area (Å²) >= 11 is 0. The van der Waals surface area contributed by atoms with Gasteiger partial charge in [-0.2, -0.15) is 0 Å². The zero-order chi connectivity index (χ0) is 20.7.